The van der Waals surface area contributed by atoms with E-state index < -0.39 is 0 Å². The monoisotopic (exact) mass is 315 g/mol. The normalized spacial score (nSPS) is 10.6. The SMILES string of the molecule is CN(C)C(=O)COc1cccc(C(=O)/C=C/c2ccsc2)c1. The molecule has 2 aromatic rings. The lowest BCUT2D eigenvalue weighted by molar-refractivity contribution is -0.130. The topological polar surface area (TPSA) is 46.6 Å². The summed E-state index contributed by atoms with van der Waals surface area (Å²) in [7, 11) is 3.34. The molecule has 1 amide bonds. The molecule has 22 heavy (non-hydrogen) atoms. The Morgan fingerprint density at radius 2 is 2.09 bits per heavy atom. The van der Waals surface area contributed by atoms with E-state index in [1.165, 1.54) is 11.0 Å². The van der Waals surface area contributed by atoms with Gasteiger partial charge in [0.1, 0.15) is 5.75 Å². The highest BCUT2D eigenvalue weighted by atomic mass is 32.1. The number of carbonyl (C=O) groups excluding carboxylic acids is 2. The molecule has 0 saturated heterocycles. The molecule has 0 N–H and O–H groups in total. The zero-order chi connectivity index (χ0) is 15.9. The van der Waals surface area contributed by atoms with Crippen LogP contribution in [0, 0.1) is 0 Å². The molecule has 0 radical (unpaired) electrons. The molecular weight excluding hydrogens is 298 g/mol. The van der Waals surface area contributed by atoms with E-state index in [-0.39, 0.29) is 18.3 Å². The minimum Gasteiger partial charge on any atom is -0.484 e. The van der Waals surface area contributed by atoms with Gasteiger partial charge in [0.2, 0.25) is 0 Å². The predicted octanol–water partition coefficient (Wildman–Crippen LogP) is 3.11. The van der Waals surface area contributed by atoms with Gasteiger partial charge in [0, 0.05) is 19.7 Å². The summed E-state index contributed by atoms with van der Waals surface area (Å²) in [6, 6.07) is 8.77. The minimum atomic E-state index is -0.130. The van der Waals surface area contributed by atoms with E-state index in [9.17, 15) is 9.59 Å². The lowest BCUT2D eigenvalue weighted by Crippen LogP contribution is -2.27. The number of allylic oxidation sites excluding steroid dienone is 1. The molecule has 0 fully saturated rings. The van der Waals surface area contributed by atoms with E-state index in [0.717, 1.165) is 5.56 Å². The average molecular weight is 315 g/mol. The van der Waals surface area contributed by atoms with Crippen molar-refractivity contribution in [2.75, 3.05) is 20.7 Å². The molecular formula is C17H17NO3S. The number of ketones is 1. The van der Waals surface area contributed by atoms with Crippen molar-refractivity contribution >= 4 is 29.1 Å². The Kier molecular flexibility index (Phi) is 5.49. The van der Waals surface area contributed by atoms with Crippen molar-refractivity contribution in [3.05, 3.63) is 58.3 Å². The first-order valence-electron chi connectivity index (χ1n) is 6.74. The Morgan fingerprint density at radius 3 is 2.77 bits per heavy atom. The summed E-state index contributed by atoms with van der Waals surface area (Å²) < 4.78 is 5.40. The Balaban J connectivity index is 2.01. The van der Waals surface area contributed by atoms with Crippen molar-refractivity contribution in [3.63, 3.8) is 0 Å². The fourth-order valence-corrected chi connectivity index (χ4v) is 2.28. The number of thiophene rings is 1. The van der Waals surface area contributed by atoms with Crippen molar-refractivity contribution in [1.29, 1.82) is 0 Å². The van der Waals surface area contributed by atoms with Gasteiger partial charge in [-0.25, -0.2) is 0 Å². The average Bonchev–Trinajstić information content (AvgIpc) is 3.03. The van der Waals surface area contributed by atoms with Crippen LogP contribution in [-0.2, 0) is 4.79 Å². The number of carbonyl (C=O) groups is 2. The van der Waals surface area contributed by atoms with Crippen molar-refractivity contribution in [1.82, 2.24) is 4.90 Å². The second-order valence-electron chi connectivity index (χ2n) is 4.86. The van der Waals surface area contributed by atoms with Crippen LogP contribution >= 0.6 is 11.3 Å². The Labute approximate surface area is 133 Å². The first kappa shape index (κ1) is 16.0. The van der Waals surface area contributed by atoms with Crippen LogP contribution in [0.2, 0.25) is 0 Å². The number of likely N-dealkylation sites (N-methyl/N-ethyl adjacent to an activating group) is 1. The van der Waals surface area contributed by atoms with Gasteiger partial charge in [-0.05, 0) is 40.6 Å². The van der Waals surface area contributed by atoms with Crippen LogP contribution in [0.5, 0.6) is 5.75 Å². The minimum absolute atomic E-state index is 0.0462. The zero-order valence-corrected chi connectivity index (χ0v) is 13.3. The van der Waals surface area contributed by atoms with Crippen LogP contribution < -0.4 is 4.74 Å². The number of hydrogen-bond donors (Lipinski definition) is 0. The molecule has 0 unspecified atom stereocenters. The van der Waals surface area contributed by atoms with Crippen molar-refractivity contribution < 1.29 is 14.3 Å². The summed E-state index contributed by atoms with van der Waals surface area (Å²) in [5.41, 5.74) is 1.53. The third-order valence-electron chi connectivity index (χ3n) is 2.95. The molecule has 5 heteroatoms. The molecule has 114 valence electrons. The summed E-state index contributed by atoms with van der Waals surface area (Å²) in [6.45, 7) is -0.0462. The number of rotatable bonds is 6. The Morgan fingerprint density at radius 1 is 1.27 bits per heavy atom. The van der Waals surface area contributed by atoms with Gasteiger partial charge in [-0.1, -0.05) is 18.2 Å². The second kappa shape index (κ2) is 7.56. The number of nitrogens with zero attached hydrogens (tertiary/aromatic N) is 1. The van der Waals surface area contributed by atoms with E-state index in [1.807, 2.05) is 16.8 Å². The molecule has 1 aromatic carbocycles. The van der Waals surface area contributed by atoms with Crippen molar-refractivity contribution in [2.24, 2.45) is 0 Å². The molecule has 4 nitrogen and oxygen atoms in total. The van der Waals surface area contributed by atoms with E-state index in [0.29, 0.717) is 11.3 Å². The number of amides is 1. The quantitative estimate of drug-likeness (QED) is 0.608. The first-order valence-corrected chi connectivity index (χ1v) is 7.68. The maximum absolute atomic E-state index is 12.1. The highest BCUT2D eigenvalue weighted by Crippen LogP contribution is 2.15. The molecule has 0 aliphatic heterocycles. The van der Waals surface area contributed by atoms with E-state index in [1.54, 1.807) is 55.8 Å². The molecule has 0 bridgehead atoms. The van der Waals surface area contributed by atoms with Crippen molar-refractivity contribution in [3.8, 4) is 5.75 Å². The van der Waals surface area contributed by atoms with E-state index in [4.69, 9.17) is 4.74 Å². The number of hydrogen-bond acceptors (Lipinski definition) is 4. The van der Waals surface area contributed by atoms with Gasteiger partial charge in [0.15, 0.2) is 12.4 Å². The lowest BCUT2D eigenvalue weighted by atomic mass is 10.1. The molecule has 0 atom stereocenters. The maximum Gasteiger partial charge on any atom is 0.259 e. The summed E-state index contributed by atoms with van der Waals surface area (Å²) in [5.74, 6) is 0.273. The van der Waals surface area contributed by atoms with Gasteiger partial charge < -0.3 is 9.64 Å². The number of benzene rings is 1. The zero-order valence-electron chi connectivity index (χ0n) is 12.5. The molecule has 0 saturated carbocycles. The van der Waals surface area contributed by atoms with Gasteiger partial charge in [-0.15, -0.1) is 0 Å². The maximum atomic E-state index is 12.1. The van der Waals surface area contributed by atoms with Gasteiger partial charge in [0.05, 0.1) is 0 Å². The van der Waals surface area contributed by atoms with Crippen LogP contribution in [0.3, 0.4) is 0 Å². The summed E-state index contributed by atoms with van der Waals surface area (Å²) in [4.78, 5) is 25.1. The lowest BCUT2D eigenvalue weighted by Gasteiger charge is -2.11. The molecule has 2 rings (SSSR count). The molecule has 0 aliphatic carbocycles. The van der Waals surface area contributed by atoms with Gasteiger partial charge >= 0.3 is 0 Å². The van der Waals surface area contributed by atoms with Crippen LogP contribution in [-0.4, -0.2) is 37.3 Å². The smallest absolute Gasteiger partial charge is 0.259 e. The second-order valence-corrected chi connectivity index (χ2v) is 5.64. The van der Waals surface area contributed by atoms with Crippen LogP contribution in [0.25, 0.3) is 6.08 Å². The fourth-order valence-electron chi connectivity index (χ4n) is 1.65. The Bertz CT molecular complexity index is 675. The summed E-state index contributed by atoms with van der Waals surface area (Å²) in [5, 5.41) is 3.93. The third kappa shape index (κ3) is 4.56. The molecule has 0 spiro atoms. The molecule has 0 aliphatic rings. The van der Waals surface area contributed by atoms with E-state index >= 15 is 0 Å². The third-order valence-corrected chi connectivity index (χ3v) is 3.65. The highest BCUT2D eigenvalue weighted by Gasteiger charge is 2.07. The van der Waals surface area contributed by atoms with Gasteiger partial charge in [0.25, 0.3) is 5.91 Å². The van der Waals surface area contributed by atoms with Crippen LogP contribution in [0.15, 0.2) is 47.2 Å². The first-order chi connectivity index (χ1) is 10.6. The van der Waals surface area contributed by atoms with Crippen LogP contribution in [0.1, 0.15) is 15.9 Å². The van der Waals surface area contributed by atoms with Gasteiger partial charge in [-0.3, -0.25) is 9.59 Å². The molecule has 1 aromatic heterocycles. The fraction of sp³-hybridized carbons (Fsp3) is 0.176. The number of ether oxygens (including phenoxy) is 1. The van der Waals surface area contributed by atoms with Crippen LogP contribution in [0.4, 0.5) is 0 Å². The molecule has 1 heterocycles. The summed E-state index contributed by atoms with van der Waals surface area (Å²) >= 11 is 1.58. The van der Waals surface area contributed by atoms with Crippen molar-refractivity contribution in [2.45, 2.75) is 0 Å². The standard InChI is InChI=1S/C17H17NO3S/c1-18(2)17(20)11-21-15-5-3-4-14(10-15)16(19)7-6-13-8-9-22-12-13/h3-10,12H,11H2,1-2H3/b7-6+. The largest absolute Gasteiger partial charge is 0.484 e. The summed E-state index contributed by atoms with van der Waals surface area (Å²) in [6.07, 6.45) is 3.31. The Hall–Kier alpha value is -2.40. The highest BCUT2D eigenvalue weighted by molar-refractivity contribution is 7.08. The van der Waals surface area contributed by atoms with E-state index in [2.05, 4.69) is 0 Å². The van der Waals surface area contributed by atoms with Gasteiger partial charge in [-0.2, -0.15) is 11.3 Å². The predicted molar refractivity (Wildman–Crippen MR) is 88.3 cm³/mol.